The second kappa shape index (κ2) is 1.73. The molecule has 0 amide bonds. The summed E-state index contributed by atoms with van der Waals surface area (Å²) in [5, 5.41) is 3.49. The van der Waals surface area contributed by atoms with Gasteiger partial charge in [-0.25, -0.2) is 0 Å². The van der Waals surface area contributed by atoms with Crippen LogP contribution in [0.1, 0.15) is 25.7 Å². The minimum absolute atomic E-state index is 0.874. The van der Waals surface area contributed by atoms with Crippen LogP contribution in [0.2, 0.25) is 0 Å². The average molecular weight is 110 g/mol. The lowest BCUT2D eigenvalue weighted by atomic mass is 10.0. The molecule has 0 aromatic rings. The summed E-state index contributed by atoms with van der Waals surface area (Å²) in [6.45, 7) is 1.25. The topological polar surface area (TPSA) is 12.0 Å². The summed E-state index contributed by atoms with van der Waals surface area (Å²) in [6, 6.07) is 0.874. The molecular formula is C7H12N. The first-order valence-corrected chi connectivity index (χ1v) is 3.52. The third kappa shape index (κ3) is 0.655. The van der Waals surface area contributed by atoms with Crippen LogP contribution in [-0.2, 0) is 0 Å². The lowest BCUT2D eigenvalue weighted by Crippen LogP contribution is -2.31. The fourth-order valence-corrected chi connectivity index (χ4v) is 1.79. The first-order chi connectivity index (χ1) is 3.95. The highest BCUT2D eigenvalue weighted by Gasteiger charge is 2.27. The van der Waals surface area contributed by atoms with E-state index in [0.717, 1.165) is 6.04 Å². The summed E-state index contributed by atoms with van der Waals surface area (Å²) >= 11 is 0. The monoisotopic (exact) mass is 110 g/mol. The highest BCUT2D eigenvalue weighted by atomic mass is 14.9. The first-order valence-electron chi connectivity index (χ1n) is 3.52. The van der Waals surface area contributed by atoms with Gasteiger partial charge in [0, 0.05) is 6.04 Å². The van der Waals surface area contributed by atoms with Crippen molar-refractivity contribution in [2.45, 2.75) is 31.7 Å². The van der Waals surface area contributed by atoms with Gasteiger partial charge < -0.3 is 5.32 Å². The smallest absolute Gasteiger partial charge is 0.00727 e. The Morgan fingerprint density at radius 1 is 1.38 bits per heavy atom. The van der Waals surface area contributed by atoms with Gasteiger partial charge in [-0.1, -0.05) is 0 Å². The molecule has 1 heterocycles. The number of piperidine rings is 1. The summed E-state index contributed by atoms with van der Waals surface area (Å²) in [5.74, 6) is 1.81. The van der Waals surface area contributed by atoms with Crippen LogP contribution in [0.5, 0.6) is 0 Å². The van der Waals surface area contributed by atoms with Crippen molar-refractivity contribution in [3.05, 3.63) is 5.92 Å². The third-order valence-corrected chi connectivity index (χ3v) is 2.29. The van der Waals surface area contributed by atoms with E-state index in [-0.39, 0.29) is 0 Å². The van der Waals surface area contributed by atoms with Gasteiger partial charge in [-0.3, -0.25) is 0 Å². The van der Waals surface area contributed by atoms with Crippen LogP contribution in [0.15, 0.2) is 0 Å². The molecule has 1 aliphatic heterocycles. The van der Waals surface area contributed by atoms with Crippen molar-refractivity contribution in [1.29, 1.82) is 0 Å². The van der Waals surface area contributed by atoms with E-state index in [9.17, 15) is 0 Å². The summed E-state index contributed by atoms with van der Waals surface area (Å²) < 4.78 is 0. The molecule has 2 fully saturated rings. The van der Waals surface area contributed by atoms with Crippen LogP contribution in [0, 0.1) is 5.92 Å². The van der Waals surface area contributed by atoms with Crippen molar-refractivity contribution in [2.75, 3.05) is 6.54 Å². The fourth-order valence-electron chi connectivity index (χ4n) is 1.79. The highest BCUT2D eigenvalue weighted by Crippen LogP contribution is 2.32. The minimum Gasteiger partial charge on any atom is -0.314 e. The van der Waals surface area contributed by atoms with Crippen molar-refractivity contribution < 1.29 is 0 Å². The molecule has 8 heavy (non-hydrogen) atoms. The van der Waals surface area contributed by atoms with Gasteiger partial charge in [0.2, 0.25) is 0 Å². The van der Waals surface area contributed by atoms with E-state index >= 15 is 0 Å². The number of hydrogen-bond acceptors (Lipinski definition) is 1. The maximum atomic E-state index is 3.49. The van der Waals surface area contributed by atoms with Crippen molar-refractivity contribution in [2.24, 2.45) is 0 Å². The van der Waals surface area contributed by atoms with E-state index in [1.807, 2.05) is 5.92 Å². The van der Waals surface area contributed by atoms with Crippen LogP contribution in [0.4, 0.5) is 0 Å². The van der Waals surface area contributed by atoms with Crippen LogP contribution in [-0.4, -0.2) is 12.6 Å². The van der Waals surface area contributed by atoms with E-state index in [1.165, 1.54) is 32.2 Å². The molecule has 1 unspecified atom stereocenters. The molecule has 1 nitrogen and oxygen atoms in total. The number of fused-ring (bicyclic) bond motifs is 2. The molecule has 1 aliphatic carbocycles. The van der Waals surface area contributed by atoms with Gasteiger partial charge in [0.05, 0.1) is 0 Å². The standard InChI is InChI=1S/C7H12N/c1-2-7-5-6(1)3-4-8-7/h7-8H,1-5H2. The van der Waals surface area contributed by atoms with E-state index in [4.69, 9.17) is 0 Å². The zero-order valence-electron chi connectivity index (χ0n) is 5.11. The Hall–Kier alpha value is -0.0400. The maximum Gasteiger partial charge on any atom is 0.00727 e. The van der Waals surface area contributed by atoms with Gasteiger partial charge in [-0.15, -0.1) is 0 Å². The second-order valence-electron chi connectivity index (χ2n) is 2.89. The Kier molecular flexibility index (Phi) is 1.04. The van der Waals surface area contributed by atoms with E-state index in [0.29, 0.717) is 0 Å². The molecule has 1 saturated carbocycles. The van der Waals surface area contributed by atoms with Gasteiger partial charge in [0.25, 0.3) is 0 Å². The molecule has 2 aliphatic rings. The number of hydrogen-bond donors (Lipinski definition) is 1. The fraction of sp³-hybridized carbons (Fsp3) is 0.857. The average Bonchev–Trinajstić information content (AvgIpc) is 2.12. The summed E-state index contributed by atoms with van der Waals surface area (Å²) in [4.78, 5) is 0. The van der Waals surface area contributed by atoms with Gasteiger partial charge in [0.1, 0.15) is 0 Å². The van der Waals surface area contributed by atoms with Crippen LogP contribution >= 0.6 is 0 Å². The van der Waals surface area contributed by atoms with Crippen molar-refractivity contribution in [3.8, 4) is 0 Å². The van der Waals surface area contributed by atoms with Crippen molar-refractivity contribution in [3.63, 3.8) is 0 Å². The lowest BCUT2D eigenvalue weighted by molar-refractivity contribution is 0.489. The normalized spacial score (nSPS) is 38.2. The molecule has 0 spiro atoms. The molecule has 1 saturated heterocycles. The zero-order chi connectivity index (χ0) is 5.40. The van der Waals surface area contributed by atoms with E-state index in [1.54, 1.807) is 0 Å². The molecular weight excluding hydrogens is 98.1 g/mol. The molecule has 0 aromatic carbocycles. The van der Waals surface area contributed by atoms with Crippen molar-refractivity contribution >= 4 is 0 Å². The van der Waals surface area contributed by atoms with Gasteiger partial charge in [0.15, 0.2) is 0 Å². The summed E-state index contributed by atoms with van der Waals surface area (Å²) in [7, 11) is 0. The predicted molar refractivity (Wildman–Crippen MR) is 33.5 cm³/mol. The molecule has 2 bridgehead atoms. The molecule has 1 radical (unpaired) electrons. The lowest BCUT2D eigenvalue weighted by Gasteiger charge is -2.18. The SMILES string of the molecule is C1C[C]2CCC(C2)N1. The Bertz CT molecular complexity index is 76.4. The third-order valence-electron chi connectivity index (χ3n) is 2.29. The highest BCUT2D eigenvalue weighted by molar-refractivity contribution is 5.04. The molecule has 45 valence electrons. The largest absolute Gasteiger partial charge is 0.314 e. The van der Waals surface area contributed by atoms with Crippen molar-refractivity contribution in [1.82, 2.24) is 5.32 Å². The Morgan fingerprint density at radius 3 is 3.12 bits per heavy atom. The number of nitrogens with one attached hydrogen (secondary N) is 1. The quantitative estimate of drug-likeness (QED) is 0.492. The first kappa shape index (κ1) is 4.80. The molecule has 0 aromatic heterocycles. The summed E-state index contributed by atoms with van der Waals surface area (Å²) in [5.41, 5.74) is 0. The second-order valence-corrected chi connectivity index (χ2v) is 2.89. The molecule has 1 heteroatoms. The molecule has 1 N–H and O–H groups in total. The Balaban J connectivity index is 2.03. The Labute approximate surface area is 50.5 Å². The van der Waals surface area contributed by atoms with Crippen LogP contribution < -0.4 is 5.32 Å². The van der Waals surface area contributed by atoms with Crippen LogP contribution in [0.3, 0.4) is 0 Å². The maximum absolute atomic E-state index is 3.49. The van der Waals surface area contributed by atoms with Gasteiger partial charge in [-0.05, 0) is 38.1 Å². The predicted octanol–water partition coefficient (Wildman–Crippen LogP) is 1.11. The van der Waals surface area contributed by atoms with Crippen LogP contribution in [0.25, 0.3) is 0 Å². The van der Waals surface area contributed by atoms with E-state index in [2.05, 4.69) is 5.32 Å². The summed E-state index contributed by atoms with van der Waals surface area (Å²) in [6.07, 6.45) is 5.57. The van der Waals surface area contributed by atoms with Gasteiger partial charge >= 0.3 is 0 Å². The molecule has 1 atom stereocenters. The minimum atomic E-state index is 0.874. The number of rotatable bonds is 0. The van der Waals surface area contributed by atoms with E-state index < -0.39 is 0 Å². The Morgan fingerprint density at radius 2 is 2.38 bits per heavy atom. The van der Waals surface area contributed by atoms with Gasteiger partial charge in [-0.2, -0.15) is 0 Å². The zero-order valence-corrected chi connectivity index (χ0v) is 5.11. The molecule has 2 rings (SSSR count).